The molecule has 0 fully saturated rings. The molecule has 0 bridgehead atoms. The number of nitrogen functional groups attached to an aromatic ring is 1. The largest absolute Gasteiger partial charge is 0.469 e. The Labute approximate surface area is 210 Å². The highest BCUT2D eigenvalue weighted by Crippen LogP contribution is 2.25. The second kappa shape index (κ2) is 9.57. The Morgan fingerprint density at radius 3 is 2.44 bits per heavy atom. The van der Waals surface area contributed by atoms with Gasteiger partial charge in [0.15, 0.2) is 0 Å². The van der Waals surface area contributed by atoms with E-state index in [0.29, 0.717) is 5.69 Å². The average Bonchev–Trinajstić information content (AvgIpc) is 3.22. The number of thiazole rings is 1. The molecule has 0 spiro atoms. The molecular formula is C25H28N6O4S. The van der Waals surface area contributed by atoms with Gasteiger partial charge in [0.05, 0.1) is 40.0 Å². The number of benzene rings is 2. The molecule has 188 valence electrons. The van der Waals surface area contributed by atoms with Gasteiger partial charge in [-0.15, -0.1) is 11.3 Å². The molecule has 10 nitrogen and oxygen atoms in total. The Morgan fingerprint density at radius 1 is 1.08 bits per heavy atom. The zero-order chi connectivity index (χ0) is 26.2. The number of nitrogens with zero attached hydrogens (tertiary/aromatic N) is 5. The van der Waals surface area contributed by atoms with Crippen LogP contribution in [0.3, 0.4) is 0 Å². The third kappa shape index (κ3) is 4.87. The molecule has 0 aliphatic heterocycles. The summed E-state index contributed by atoms with van der Waals surface area (Å²) in [5, 5.41) is 0.920. The molecule has 36 heavy (non-hydrogen) atoms. The minimum atomic E-state index is -1.14. The number of ether oxygens (including phenoxy) is 1. The van der Waals surface area contributed by atoms with Crippen LogP contribution in [0.2, 0.25) is 0 Å². The normalized spacial score (nSPS) is 12.3. The number of hydrogen-bond donors (Lipinski definition) is 1. The summed E-state index contributed by atoms with van der Waals surface area (Å²) in [4.78, 5) is 48.2. The molecule has 0 saturated heterocycles. The van der Waals surface area contributed by atoms with Crippen molar-refractivity contribution in [3.8, 4) is 0 Å². The molecule has 0 unspecified atom stereocenters. The fraction of sp³-hybridized carbons (Fsp3) is 0.320. The summed E-state index contributed by atoms with van der Waals surface area (Å²) >= 11 is 1.52. The van der Waals surface area contributed by atoms with Crippen molar-refractivity contribution in [2.75, 3.05) is 13.0 Å². The van der Waals surface area contributed by atoms with E-state index >= 15 is 0 Å². The minimum absolute atomic E-state index is 0.0155. The van der Waals surface area contributed by atoms with Gasteiger partial charge in [-0.1, -0.05) is 29.8 Å². The molecule has 4 aromatic rings. The lowest BCUT2D eigenvalue weighted by molar-refractivity contribution is -0.151. The molecule has 0 amide bonds. The molecule has 0 aliphatic rings. The van der Waals surface area contributed by atoms with E-state index in [-0.39, 0.29) is 18.7 Å². The van der Waals surface area contributed by atoms with Gasteiger partial charge in [0.2, 0.25) is 5.62 Å². The third-order valence-electron chi connectivity index (χ3n) is 5.82. The number of carbonyl (C=O) groups excluding carboxylic acids is 1. The summed E-state index contributed by atoms with van der Waals surface area (Å²) in [6.07, 6.45) is 0. The molecule has 11 heteroatoms. The van der Waals surface area contributed by atoms with Gasteiger partial charge >= 0.3 is 17.3 Å². The first-order valence-corrected chi connectivity index (χ1v) is 12.1. The maximum Gasteiger partial charge on any atom is 0.353 e. The van der Waals surface area contributed by atoms with Crippen molar-refractivity contribution in [1.82, 2.24) is 18.8 Å². The first-order valence-electron chi connectivity index (χ1n) is 11.3. The maximum atomic E-state index is 13.7. The van der Waals surface area contributed by atoms with Crippen molar-refractivity contribution >= 4 is 33.2 Å². The van der Waals surface area contributed by atoms with E-state index < -0.39 is 22.8 Å². The fourth-order valence-corrected chi connectivity index (χ4v) is 4.73. The van der Waals surface area contributed by atoms with Crippen LogP contribution >= 0.6 is 11.3 Å². The Bertz CT molecular complexity index is 1640. The van der Waals surface area contributed by atoms with Crippen LogP contribution in [0.5, 0.6) is 0 Å². The van der Waals surface area contributed by atoms with Gasteiger partial charge in [0.1, 0.15) is 0 Å². The van der Waals surface area contributed by atoms with Crippen molar-refractivity contribution in [1.29, 1.82) is 0 Å². The van der Waals surface area contributed by atoms with Crippen molar-refractivity contribution in [3.63, 3.8) is 0 Å². The fourth-order valence-electron chi connectivity index (χ4n) is 3.87. The van der Waals surface area contributed by atoms with Crippen LogP contribution in [0.1, 0.15) is 30.0 Å². The zero-order valence-electron chi connectivity index (χ0n) is 20.8. The van der Waals surface area contributed by atoms with E-state index in [1.54, 1.807) is 19.9 Å². The lowest BCUT2D eigenvalue weighted by atomic mass is 9.94. The Balaban J connectivity index is 1.95. The SMILES string of the molecule is COC(=O)C(C)(C)Cn1c(=O)n(N)/c(=N\c2ccc3nc(C)sc3c2)n(Cc2ccc(C)cc2)c1=O. The quantitative estimate of drug-likeness (QED) is 0.314. The Hall–Kier alpha value is -3.99. The first-order chi connectivity index (χ1) is 17.0. The molecule has 4 rings (SSSR count). The van der Waals surface area contributed by atoms with Crippen LogP contribution < -0.4 is 22.8 Å². The monoisotopic (exact) mass is 508 g/mol. The number of nitrogens with two attached hydrogens (primary N) is 1. The smallest absolute Gasteiger partial charge is 0.353 e. The summed E-state index contributed by atoms with van der Waals surface area (Å²) in [6, 6.07) is 13.1. The number of aryl methyl sites for hydroxylation is 2. The van der Waals surface area contributed by atoms with Gasteiger partial charge in [0.25, 0.3) is 0 Å². The highest BCUT2D eigenvalue weighted by atomic mass is 32.1. The highest BCUT2D eigenvalue weighted by Gasteiger charge is 2.31. The lowest BCUT2D eigenvalue weighted by Crippen LogP contribution is -2.58. The van der Waals surface area contributed by atoms with Gasteiger partial charge in [0, 0.05) is 6.54 Å². The minimum Gasteiger partial charge on any atom is -0.469 e. The molecule has 0 aliphatic carbocycles. The Kier molecular flexibility index (Phi) is 6.68. The lowest BCUT2D eigenvalue weighted by Gasteiger charge is -2.23. The third-order valence-corrected chi connectivity index (χ3v) is 6.75. The van der Waals surface area contributed by atoms with Crippen molar-refractivity contribution in [3.05, 3.63) is 85.2 Å². The number of fused-ring (bicyclic) bond motifs is 1. The molecule has 2 N–H and O–H groups in total. The number of carbonyl (C=O) groups is 1. The average molecular weight is 509 g/mol. The molecule has 0 saturated carbocycles. The van der Waals surface area contributed by atoms with Crippen molar-refractivity contribution in [2.24, 2.45) is 10.4 Å². The van der Waals surface area contributed by atoms with Gasteiger partial charge in [-0.25, -0.2) is 24.1 Å². The van der Waals surface area contributed by atoms with Crippen LogP contribution in [-0.4, -0.2) is 31.9 Å². The predicted molar refractivity (Wildman–Crippen MR) is 139 cm³/mol. The maximum absolute atomic E-state index is 13.7. The number of rotatable bonds is 6. The summed E-state index contributed by atoms with van der Waals surface area (Å²) in [6.45, 7) is 6.99. The van der Waals surface area contributed by atoms with E-state index in [1.807, 2.05) is 50.2 Å². The van der Waals surface area contributed by atoms with Gasteiger partial charge in [-0.2, -0.15) is 4.68 Å². The van der Waals surface area contributed by atoms with Crippen molar-refractivity contribution < 1.29 is 9.53 Å². The number of hydrogen-bond acceptors (Lipinski definition) is 8. The molecule has 2 aromatic carbocycles. The topological polar surface area (TPSA) is 126 Å². The van der Waals surface area contributed by atoms with E-state index in [1.165, 1.54) is 23.0 Å². The van der Waals surface area contributed by atoms with E-state index in [2.05, 4.69) is 9.98 Å². The van der Waals surface area contributed by atoms with Gasteiger partial charge < -0.3 is 10.6 Å². The second-order valence-corrected chi connectivity index (χ2v) is 10.5. The molecule has 2 aromatic heterocycles. The van der Waals surface area contributed by atoms with Crippen LogP contribution in [0.15, 0.2) is 57.0 Å². The van der Waals surface area contributed by atoms with E-state index in [9.17, 15) is 14.4 Å². The highest BCUT2D eigenvalue weighted by molar-refractivity contribution is 7.18. The molecule has 0 radical (unpaired) electrons. The molecule has 2 heterocycles. The van der Waals surface area contributed by atoms with E-state index in [0.717, 1.165) is 35.6 Å². The second-order valence-electron chi connectivity index (χ2n) is 9.27. The zero-order valence-corrected chi connectivity index (χ0v) is 21.6. The molecular weight excluding hydrogens is 480 g/mol. The number of esters is 1. The number of methoxy groups -OCH3 is 1. The van der Waals surface area contributed by atoms with Crippen LogP contribution in [0.4, 0.5) is 5.69 Å². The predicted octanol–water partition coefficient (Wildman–Crippen LogP) is 2.23. The van der Waals surface area contributed by atoms with Gasteiger partial charge in [-0.05, 0) is 51.5 Å². The summed E-state index contributed by atoms with van der Waals surface area (Å²) in [5.74, 6) is 5.68. The van der Waals surface area contributed by atoms with Gasteiger partial charge in [-0.3, -0.25) is 9.36 Å². The number of aromatic nitrogens is 4. The summed E-state index contributed by atoms with van der Waals surface area (Å²) < 4.78 is 8.90. The molecule has 0 atom stereocenters. The Morgan fingerprint density at radius 2 is 1.78 bits per heavy atom. The van der Waals surface area contributed by atoms with Crippen LogP contribution in [0, 0.1) is 19.3 Å². The summed E-state index contributed by atoms with van der Waals surface area (Å²) in [7, 11) is 1.26. The summed E-state index contributed by atoms with van der Waals surface area (Å²) in [5.41, 5.74) is 0.689. The standard InChI is InChI=1S/C25H28N6O4S/c1-15-6-8-17(9-7-15)13-29-22(28-18-10-11-19-20(12-18)36-16(2)27-19)31(26)24(34)30(23(29)33)14-25(3,4)21(32)35-5/h6-12H,13-14,26H2,1-5H3/b28-22-. The van der Waals surface area contributed by atoms with Crippen LogP contribution in [0.25, 0.3) is 10.2 Å². The first kappa shape index (κ1) is 25.1. The van der Waals surface area contributed by atoms with Crippen molar-refractivity contribution in [2.45, 2.75) is 40.8 Å². The van der Waals surface area contributed by atoms with E-state index in [4.69, 9.17) is 10.6 Å². The van der Waals surface area contributed by atoms with Crippen LogP contribution in [-0.2, 0) is 22.6 Å².